The maximum atomic E-state index is 12.9. The lowest BCUT2D eigenvalue weighted by molar-refractivity contribution is -0.148. The molecule has 0 radical (unpaired) electrons. The maximum Gasteiger partial charge on any atom is 0.406 e. The summed E-state index contributed by atoms with van der Waals surface area (Å²) in [4.78, 5) is 24.3. The van der Waals surface area contributed by atoms with Crippen molar-refractivity contribution in [1.82, 2.24) is 10.2 Å². The molecule has 0 saturated heterocycles. The molecule has 2 aliphatic carbocycles. The van der Waals surface area contributed by atoms with Gasteiger partial charge in [-0.3, -0.25) is 9.69 Å². The number of hydrogen-bond donors (Lipinski definition) is 1. The van der Waals surface area contributed by atoms with Crippen LogP contribution in [0.15, 0.2) is 18.2 Å². The van der Waals surface area contributed by atoms with E-state index in [1.807, 2.05) is 13.8 Å². The first-order valence-electron chi connectivity index (χ1n) is 12.3. The third-order valence-corrected chi connectivity index (χ3v) is 7.09. The Hall–Kier alpha value is -2.09. The number of imide groups is 1. The zero-order chi connectivity index (χ0) is 25.1. The zero-order valence-corrected chi connectivity index (χ0v) is 20.6. The van der Waals surface area contributed by atoms with E-state index in [9.17, 15) is 22.8 Å². The lowest BCUT2D eigenvalue weighted by atomic mass is 9.68. The van der Waals surface area contributed by atoms with Gasteiger partial charge in [0.25, 0.3) is 0 Å². The number of hydrogen-bond acceptors (Lipinski definition) is 3. The second-order valence-electron chi connectivity index (χ2n) is 10.6. The van der Waals surface area contributed by atoms with Gasteiger partial charge in [0.15, 0.2) is 0 Å². The Balaban J connectivity index is 1.87. The normalized spacial score (nSPS) is 24.5. The van der Waals surface area contributed by atoms with Crippen LogP contribution in [0.5, 0.6) is 0 Å². The van der Waals surface area contributed by atoms with Gasteiger partial charge >= 0.3 is 12.2 Å². The molecule has 1 unspecified atom stereocenters. The summed E-state index contributed by atoms with van der Waals surface area (Å²) < 4.78 is 44.7. The molecule has 1 aromatic rings. The van der Waals surface area contributed by atoms with Crippen molar-refractivity contribution in [2.75, 3.05) is 6.54 Å². The summed E-state index contributed by atoms with van der Waals surface area (Å²) in [5, 5.41) is 2.83. The summed E-state index contributed by atoms with van der Waals surface area (Å²) in [6.45, 7) is 6.74. The zero-order valence-electron chi connectivity index (χ0n) is 20.6. The van der Waals surface area contributed by atoms with Gasteiger partial charge < -0.3 is 10.1 Å². The van der Waals surface area contributed by atoms with Gasteiger partial charge in [-0.15, -0.1) is 0 Å². The van der Waals surface area contributed by atoms with E-state index in [4.69, 9.17) is 4.74 Å². The summed E-state index contributed by atoms with van der Waals surface area (Å²) >= 11 is 0. The highest BCUT2D eigenvalue weighted by atomic mass is 19.4. The topological polar surface area (TPSA) is 58.6 Å². The molecular formula is C26H37F3N2O3. The highest BCUT2D eigenvalue weighted by molar-refractivity contribution is 5.85. The Morgan fingerprint density at radius 3 is 2.47 bits per heavy atom. The number of alkyl halides is 3. The lowest BCUT2D eigenvalue weighted by Gasteiger charge is -2.42. The minimum atomic E-state index is -4.65. The Kier molecular flexibility index (Phi) is 8.32. The Labute approximate surface area is 200 Å². The number of rotatable bonds is 8. The van der Waals surface area contributed by atoms with Gasteiger partial charge in [-0.05, 0) is 86.8 Å². The van der Waals surface area contributed by atoms with Crippen molar-refractivity contribution < 1.29 is 27.5 Å². The predicted octanol–water partition coefficient (Wildman–Crippen LogP) is 5.96. The second kappa shape index (κ2) is 10.7. The summed E-state index contributed by atoms with van der Waals surface area (Å²) in [5.41, 5.74) is 2.95. The number of ether oxygens (including phenoxy) is 1. The highest BCUT2D eigenvalue weighted by Gasteiger charge is 2.49. The van der Waals surface area contributed by atoms with Crippen molar-refractivity contribution in [2.45, 2.75) is 97.1 Å². The van der Waals surface area contributed by atoms with Crippen LogP contribution in [0, 0.1) is 11.3 Å². The summed E-state index contributed by atoms with van der Waals surface area (Å²) in [6.07, 6.45) is 1.52. The molecule has 1 atom stereocenters. The smallest absolute Gasteiger partial charge is 0.376 e. The largest absolute Gasteiger partial charge is 0.406 e. The molecular weight excluding hydrogens is 445 g/mol. The van der Waals surface area contributed by atoms with Gasteiger partial charge in [0.2, 0.25) is 6.41 Å². The lowest BCUT2D eigenvalue weighted by Crippen LogP contribution is -2.49. The van der Waals surface area contributed by atoms with Crippen LogP contribution in [0.1, 0.15) is 82.5 Å². The molecule has 0 heterocycles. The number of carbonyl (C=O) groups is 2. The SMILES string of the molecule is CC(C)CCc1ccc2c(c1)C(NC(=O)N(C=O)CC(F)(F)F)[C@]1(CC[C@H](OC(C)C)CC1)C2. The molecule has 8 heteroatoms. The average molecular weight is 483 g/mol. The first-order chi connectivity index (χ1) is 15.9. The Morgan fingerprint density at radius 2 is 1.91 bits per heavy atom. The van der Waals surface area contributed by atoms with Crippen molar-refractivity contribution in [2.24, 2.45) is 11.3 Å². The van der Waals surface area contributed by atoms with E-state index >= 15 is 0 Å². The van der Waals surface area contributed by atoms with E-state index in [0.717, 1.165) is 61.6 Å². The van der Waals surface area contributed by atoms with Gasteiger partial charge in [0.05, 0.1) is 18.2 Å². The molecule has 0 bridgehead atoms. The van der Waals surface area contributed by atoms with Gasteiger partial charge in [0, 0.05) is 0 Å². The Bertz CT molecular complexity index is 861. The minimum Gasteiger partial charge on any atom is -0.376 e. The molecule has 1 saturated carbocycles. The van der Waals surface area contributed by atoms with Gasteiger partial charge in [-0.1, -0.05) is 32.0 Å². The molecule has 3 rings (SSSR count). The number of fused-ring (bicyclic) bond motifs is 1. The molecule has 190 valence electrons. The molecule has 5 nitrogen and oxygen atoms in total. The fourth-order valence-corrected chi connectivity index (χ4v) is 5.44. The number of carbonyl (C=O) groups excluding carboxylic acids is 2. The first-order valence-corrected chi connectivity index (χ1v) is 12.3. The number of halogens is 3. The molecule has 3 amide bonds. The van der Waals surface area contributed by atoms with Crippen LogP contribution in [-0.4, -0.2) is 42.3 Å². The van der Waals surface area contributed by atoms with Crippen LogP contribution in [0.25, 0.3) is 0 Å². The minimum absolute atomic E-state index is 0.0439. The van der Waals surface area contributed by atoms with E-state index in [-0.39, 0.29) is 28.9 Å². The number of nitrogens with one attached hydrogen (secondary N) is 1. The monoisotopic (exact) mass is 482 g/mol. The predicted molar refractivity (Wildman–Crippen MR) is 124 cm³/mol. The van der Waals surface area contributed by atoms with Crippen LogP contribution < -0.4 is 5.32 Å². The third kappa shape index (κ3) is 6.52. The van der Waals surface area contributed by atoms with Crippen molar-refractivity contribution >= 4 is 12.4 Å². The number of benzene rings is 1. The van der Waals surface area contributed by atoms with Crippen LogP contribution in [0.2, 0.25) is 0 Å². The molecule has 1 fully saturated rings. The van der Waals surface area contributed by atoms with E-state index < -0.39 is 24.8 Å². The second-order valence-corrected chi connectivity index (χ2v) is 10.6. The van der Waals surface area contributed by atoms with Crippen molar-refractivity contribution in [3.05, 3.63) is 34.9 Å². The van der Waals surface area contributed by atoms with Gasteiger partial charge in [-0.2, -0.15) is 13.2 Å². The first kappa shape index (κ1) is 26.5. The number of urea groups is 1. The fourth-order valence-electron chi connectivity index (χ4n) is 5.44. The van der Waals surface area contributed by atoms with Crippen LogP contribution in [-0.2, 0) is 22.4 Å². The third-order valence-electron chi connectivity index (χ3n) is 7.09. The number of nitrogens with zero attached hydrogens (tertiary/aromatic N) is 1. The molecule has 0 aliphatic heterocycles. The molecule has 1 aromatic carbocycles. The van der Waals surface area contributed by atoms with Crippen molar-refractivity contribution in [3.63, 3.8) is 0 Å². The number of aryl methyl sites for hydroxylation is 1. The van der Waals surface area contributed by atoms with Crippen molar-refractivity contribution in [3.8, 4) is 0 Å². The molecule has 0 aromatic heterocycles. The maximum absolute atomic E-state index is 12.9. The van der Waals surface area contributed by atoms with Crippen LogP contribution in [0.3, 0.4) is 0 Å². The molecule has 1 N–H and O–H groups in total. The quantitative estimate of drug-likeness (QED) is 0.466. The van der Waals surface area contributed by atoms with Crippen LogP contribution >= 0.6 is 0 Å². The van der Waals surface area contributed by atoms with Gasteiger partial charge in [-0.25, -0.2) is 4.79 Å². The van der Waals surface area contributed by atoms with Gasteiger partial charge in [0.1, 0.15) is 6.54 Å². The van der Waals surface area contributed by atoms with E-state index in [1.165, 1.54) is 0 Å². The summed E-state index contributed by atoms with van der Waals surface area (Å²) in [6, 6.07) is 4.88. The summed E-state index contributed by atoms with van der Waals surface area (Å²) in [7, 11) is 0. The fraction of sp³-hybridized carbons (Fsp3) is 0.692. The standard InChI is InChI=1S/C26H37F3N2O3/c1-17(2)5-6-19-7-8-20-14-25(11-9-21(10-12-25)34-18(3)4)23(22(20)13-19)30-24(33)31(16-32)15-26(27,28)29/h7-8,13,16-18,21,23H,5-6,9-12,14-15H2,1-4H3,(H,30,33)/t21-,23?,25-. The Morgan fingerprint density at radius 1 is 1.24 bits per heavy atom. The van der Waals surface area contributed by atoms with E-state index in [0.29, 0.717) is 5.92 Å². The summed E-state index contributed by atoms with van der Waals surface area (Å²) in [5.74, 6) is 0.551. The molecule has 2 aliphatic rings. The average Bonchev–Trinajstić information content (AvgIpc) is 3.03. The van der Waals surface area contributed by atoms with E-state index in [1.54, 1.807) is 0 Å². The molecule has 1 spiro atoms. The number of amides is 3. The van der Waals surface area contributed by atoms with Crippen molar-refractivity contribution in [1.29, 1.82) is 0 Å². The van der Waals surface area contributed by atoms with E-state index in [2.05, 4.69) is 37.4 Å². The van der Waals surface area contributed by atoms with Crippen LogP contribution in [0.4, 0.5) is 18.0 Å². The molecule has 34 heavy (non-hydrogen) atoms. The highest BCUT2D eigenvalue weighted by Crippen LogP contribution is 2.54.